The molecule has 4 nitrogen and oxygen atoms in total. The second-order valence-electron chi connectivity index (χ2n) is 3.60. The summed E-state index contributed by atoms with van der Waals surface area (Å²) in [6.45, 7) is 4.54. The minimum Gasteiger partial charge on any atom is -0.378 e. The number of aryl methyl sites for hydroxylation is 1. The SMILES string of the molecule is Cc1cnccc1C(=O)N1CCOCC1. The second kappa shape index (κ2) is 4.40. The van der Waals surface area contributed by atoms with E-state index in [-0.39, 0.29) is 5.91 Å². The highest BCUT2D eigenvalue weighted by molar-refractivity contribution is 5.95. The first-order valence-electron chi connectivity index (χ1n) is 5.06. The van der Waals surface area contributed by atoms with Crippen molar-refractivity contribution in [3.05, 3.63) is 29.6 Å². The van der Waals surface area contributed by atoms with E-state index in [1.165, 1.54) is 0 Å². The molecule has 0 saturated carbocycles. The average molecular weight is 206 g/mol. The fourth-order valence-corrected chi connectivity index (χ4v) is 1.65. The molecule has 0 unspecified atom stereocenters. The first-order chi connectivity index (χ1) is 7.29. The zero-order valence-electron chi connectivity index (χ0n) is 8.77. The Morgan fingerprint density at radius 3 is 2.87 bits per heavy atom. The predicted octanol–water partition coefficient (Wildman–Crippen LogP) is 0.862. The van der Waals surface area contributed by atoms with Crippen LogP contribution in [0, 0.1) is 6.92 Å². The van der Waals surface area contributed by atoms with Crippen LogP contribution in [-0.4, -0.2) is 42.1 Å². The zero-order valence-corrected chi connectivity index (χ0v) is 8.77. The van der Waals surface area contributed by atoms with Crippen LogP contribution in [0.15, 0.2) is 18.5 Å². The highest BCUT2D eigenvalue weighted by Crippen LogP contribution is 2.10. The van der Waals surface area contributed by atoms with Crippen molar-refractivity contribution in [3.63, 3.8) is 0 Å². The number of carbonyl (C=O) groups is 1. The van der Waals surface area contributed by atoms with E-state index in [9.17, 15) is 4.79 Å². The molecule has 80 valence electrons. The Bertz CT molecular complexity index is 359. The van der Waals surface area contributed by atoms with Crippen LogP contribution >= 0.6 is 0 Å². The van der Waals surface area contributed by atoms with E-state index in [0.717, 1.165) is 11.1 Å². The molecule has 0 aliphatic carbocycles. The topological polar surface area (TPSA) is 42.4 Å². The van der Waals surface area contributed by atoms with Crippen LogP contribution in [0.2, 0.25) is 0 Å². The Hall–Kier alpha value is -1.42. The summed E-state index contributed by atoms with van der Waals surface area (Å²) in [6, 6.07) is 1.77. The van der Waals surface area contributed by atoms with Gasteiger partial charge in [0.15, 0.2) is 0 Å². The molecule has 0 bridgehead atoms. The molecule has 15 heavy (non-hydrogen) atoms. The molecule has 1 aromatic rings. The molecule has 0 atom stereocenters. The predicted molar refractivity (Wildman–Crippen MR) is 55.7 cm³/mol. The van der Waals surface area contributed by atoms with Crippen molar-refractivity contribution in [1.82, 2.24) is 9.88 Å². The van der Waals surface area contributed by atoms with Crippen LogP contribution in [-0.2, 0) is 4.74 Å². The molecule has 0 N–H and O–H groups in total. The van der Waals surface area contributed by atoms with Gasteiger partial charge in [0, 0.05) is 31.0 Å². The lowest BCUT2D eigenvalue weighted by Gasteiger charge is -2.27. The smallest absolute Gasteiger partial charge is 0.254 e. The Balaban J connectivity index is 2.16. The van der Waals surface area contributed by atoms with Gasteiger partial charge in [-0.3, -0.25) is 9.78 Å². The number of pyridine rings is 1. The van der Waals surface area contributed by atoms with Crippen molar-refractivity contribution in [2.24, 2.45) is 0 Å². The van der Waals surface area contributed by atoms with E-state index >= 15 is 0 Å². The van der Waals surface area contributed by atoms with Crippen LogP contribution in [0.1, 0.15) is 15.9 Å². The number of aromatic nitrogens is 1. The first kappa shape index (κ1) is 10.1. The van der Waals surface area contributed by atoms with E-state index in [1.54, 1.807) is 18.5 Å². The number of hydrogen-bond acceptors (Lipinski definition) is 3. The van der Waals surface area contributed by atoms with E-state index in [2.05, 4.69) is 4.98 Å². The van der Waals surface area contributed by atoms with Gasteiger partial charge in [-0.25, -0.2) is 0 Å². The maximum absolute atomic E-state index is 12.1. The van der Waals surface area contributed by atoms with Crippen molar-refractivity contribution in [2.75, 3.05) is 26.3 Å². The second-order valence-corrected chi connectivity index (χ2v) is 3.60. The Kier molecular flexibility index (Phi) is 2.97. The van der Waals surface area contributed by atoms with E-state index in [0.29, 0.717) is 26.3 Å². The molecule has 4 heteroatoms. The standard InChI is InChI=1S/C11H14N2O2/c1-9-8-12-3-2-10(9)11(14)13-4-6-15-7-5-13/h2-3,8H,4-7H2,1H3. The third kappa shape index (κ3) is 2.15. The van der Waals surface area contributed by atoms with E-state index < -0.39 is 0 Å². The summed E-state index contributed by atoms with van der Waals surface area (Å²) in [7, 11) is 0. The fraction of sp³-hybridized carbons (Fsp3) is 0.455. The highest BCUT2D eigenvalue weighted by Gasteiger charge is 2.19. The van der Waals surface area contributed by atoms with Crippen LogP contribution in [0.3, 0.4) is 0 Å². The summed E-state index contributed by atoms with van der Waals surface area (Å²) in [5.74, 6) is 0.0817. The summed E-state index contributed by atoms with van der Waals surface area (Å²) in [6.07, 6.45) is 3.37. The number of rotatable bonds is 1. The summed E-state index contributed by atoms with van der Waals surface area (Å²) in [4.78, 5) is 17.9. The average Bonchev–Trinajstić information content (AvgIpc) is 2.30. The molecular weight excluding hydrogens is 192 g/mol. The minimum absolute atomic E-state index is 0.0817. The molecular formula is C11H14N2O2. The summed E-state index contributed by atoms with van der Waals surface area (Å²) in [5.41, 5.74) is 1.67. The number of ether oxygens (including phenoxy) is 1. The maximum atomic E-state index is 12.1. The number of carbonyl (C=O) groups excluding carboxylic acids is 1. The van der Waals surface area contributed by atoms with Gasteiger partial charge in [-0.1, -0.05) is 0 Å². The van der Waals surface area contributed by atoms with Crippen LogP contribution in [0.5, 0.6) is 0 Å². The molecule has 0 aromatic carbocycles. The monoisotopic (exact) mass is 206 g/mol. The van der Waals surface area contributed by atoms with Gasteiger partial charge in [-0.2, -0.15) is 0 Å². The molecule has 0 spiro atoms. The molecule has 1 aromatic heterocycles. The highest BCUT2D eigenvalue weighted by atomic mass is 16.5. The van der Waals surface area contributed by atoms with Crippen molar-refractivity contribution < 1.29 is 9.53 Å². The molecule has 2 rings (SSSR count). The Morgan fingerprint density at radius 1 is 1.47 bits per heavy atom. The lowest BCUT2D eigenvalue weighted by atomic mass is 10.1. The molecule has 1 amide bonds. The molecule has 0 radical (unpaired) electrons. The van der Waals surface area contributed by atoms with E-state index in [4.69, 9.17) is 4.74 Å². The normalized spacial score (nSPS) is 16.5. The quantitative estimate of drug-likeness (QED) is 0.684. The van der Waals surface area contributed by atoms with Gasteiger partial charge >= 0.3 is 0 Å². The molecule has 1 aliphatic rings. The largest absolute Gasteiger partial charge is 0.378 e. The van der Waals surface area contributed by atoms with Crippen LogP contribution < -0.4 is 0 Å². The first-order valence-corrected chi connectivity index (χ1v) is 5.06. The van der Waals surface area contributed by atoms with Crippen molar-refractivity contribution in [2.45, 2.75) is 6.92 Å². The lowest BCUT2D eigenvalue weighted by molar-refractivity contribution is 0.0302. The number of amides is 1. The van der Waals surface area contributed by atoms with Crippen molar-refractivity contribution in [1.29, 1.82) is 0 Å². The van der Waals surface area contributed by atoms with Gasteiger partial charge in [0.1, 0.15) is 0 Å². The van der Waals surface area contributed by atoms with Gasteiger partial charge < -0.3 is 9.64 Å². The fourth-order valence-electron chi connectivity index (χ4n) is 1.65. The number of morpholine rings is 1. The lowest BCUT2D eigenvalue weighted by Crippen LogP contribution is -2.40. The maximum Gasteiger partial charge on any atom is 0.254 e. The van der Waals surface area contributed by atoms with Crippen LogP contribution in [0.25, 0.3) is 0 Å². The third-order valence-electron chi connectivity index (χ3n) is 2.55. The number of nitrogens with zero attached hydrogens (tertiary/aromatic N) is 2. The zero-order chi connectivity index (χ0) is 10.7. The molecule has 1 aliphatic heterocycles. The van der Waals surface area contributed by atoms with E-state index in [1.807, 2.05) is 11.8 Å². The molecule has 1 saturated heterocycles. The summed E-state index contributed by atoms with van der Waals surface area (Å²) in [5, 5.41) is 0. The third-order valence-corrected chi connectivity index (χ3v) is 2.55. The van der Waals surface area contributed by atoms with Gasteiger partial charge in [0.05, 0.1) is 13.2 Å². The number of hydrogen-bond donors (Lipinski definition) is 0. The van der Waals surface area contributed by atoms with Gasteiger partial charge in [-0.15, -0.1) is 0 Å². The Labute approximate surface area is 88.9 Å². The molecule has 2 heterocycles. The molecule has 1 fully saturated rings. The Morgan fingerprint density at radius 2 is 2.20 bits per heavy atom. The van der Waals surface area contributed by atoms with Gasteiger partial charge in [0.2, 0.25) is 0 Å². The summed E-state index contributed by atoms with van der Waals surface area (Å²) < 4.78 is 5.21. The van der Waals surface area contributed by atoms with Gasteiger partial charge in [-0.05, 0) is 18.6 Å². The summed E-state index contributed by atoms with van der Waals surface area (Å²) >= 11 is 0. The van der Waals surface area contributed by atoms with Crippen LogP contribution in [0.4, 0.5) is 0 Å². The minimum atomic E-state index is 0.0817. The van der Waals surface area contributed by atoms with Crippen molar-refractivity contribution in [3.8, 4) is 0 Å². The van der Waals surface area contributed by atoms with Gasteiger partial charge in [0.25, 0.3) is 5.91 Å². The van der Waals surface area contributed by atoms with Crippen molar-refractivity contribution >= 4 is 5.91 Å².